The quantitative estimate of drug-likeness (QED) is 0.177. The van der Waals surface area contributed by atoms with Gasteiger partial charge in [0, 0.05) is 16.7 Å². The molecular weight excluding hydrogens is 633 g/mol. The molecule has 4 saturated carbocycles. The second kappa shape index (κ2) is 12.4. The summed E-state index contributed by atoms with van der Waals surface area (Å²) >= 11 is 0. The SMILES string of the molecule is N#Cc1ccc2c(-c3cccc(-c4nc(-c5ccccc5)nc(-c5ccccc5-c5ccc(C67C[C@H]8C[C@H](C6)C[C@@H](C7)C8)cc5)n4)c3)cccc2c1. The van der Waals surface area contributed by atoms with Crippen molar-refractivity contribution in [1.82, 2.24) is 15.0 Å². The summed E-state index contributed by atoms with van der Waals surface area (Å²) in [4.78, 5) is 15.4. The van der Waals surface area contributed by atoms with Crippen LogP contribution in [0.5, 0.6) is 0 Å². The van der Waals surface area contributed by atoms with Crippen LogP contribution in [0.4, 0.5) is 0 Å². The van der Waals surface area contributed by atoms with Gasteiger partial charge in [0.1, 0.15) is 0 Å². The van der Waals surface area contributed by atoms with Gasteiger partial charge in [0.15, 0.2) is 17.5 Å². The number of hydrogen-bond donors (Lipinski definition) is 0. The first kappa shape index (κ1) is 30.9. The molecule has 4 bridgehead atoms. The number of nitriles is 1. The molecule has 0 radical (unpaired) electrons. The predicted octanol–water partition coefficient (Wildman–Crippen LogP) is 11.7. The fourth-order valence-electron chi connectivity index (χ4n) is 10.2. The molecule has 4 aliphatic carbocycles. The third-order valence-corrected chi connectivity index (χ3v) is 12.1. The van der Waals surface area contributed by atoms with E-state index in [1.807, 2.05) is 42.5 Å². The van der Waals surface area contributed by atoms with Crippen molar-refractivity contribution < 1.29 is 0 Å². The largest absolute Gasteiger partial charge is 0.208 e. The zero-order chi connectivity index (χ0) is 34.6. The molecule has 1 aromatic heterocycles. The van der Waals surface area contributed by atoms with Crippen molar-refractivity contribution in [3.05, 3.63) is 151 Å². The molecule has 1 heterocycles. The van der Waals surface area contributed by atoms with Crippen LogP contribution >= 0.6 is 0 Å². The van der Waals surface area contributed by atoms with E-state index in [1.165, 1.54) is 44.1 Å². The summed E-state index contributed by atoms with van der Waals surface area (Å²) in [5.74, 6) is 4.71. The molecule has 0 saturated heterocycles. The maximum absolute atomic E-state index is 9.47. The Kier molecular flexibility index (Phi) is 7.35. The molecule has 4 nitrogen and oxygen atoms in total. The van der Waals surface area contributed by atoms with Crippen LogP contribution in [0.15, 0.2) is 140 Å². The second-order valence-electron chi connectivity index (χ2n) is 15.4. The molecule has 250 valence electrons. The summed E-state index contributed by atoms with van der Waals surface area (Å²) in [6.07, 6.45) is 8.49. The Morgan fingerprint density at radius 1 is 0.481 bits per heavy atom. The molecule has 0 aliphatic heterocycles. The Hall–Kier alpha value is -5.92. The second-order valence-corrected chi connectivity index (χ2v) is 15.4. The first-order valence-electron chi connectivity index (χ1n) is 18.7. The molecule has 0 N–H and O–H groups in total. The molecule has 0 unspecified atom stereocenters. The summed E-state index contributed by atoms with van der Waals surface area (Å²) in [7, 11) is 0. The van der Waals surface area contributed by atoms with Crippen molar-refractivity contribution in [1.29, 1.82) is 5.26 Å². The third kappa shape index (κ3) is 5.40. The van der Waals surface area contributed by atoms with Crippen LogP contribution < -0.4 is 0 Å². The first-order valence-corrected chi connectivity index (χ1v) is 18.7. The summed E-state index contributed by atoms with van der Waals surface area (Å²) in [5.41, 5.74) is 9.90. The van der Waals surface area contributed by atoms with Crippen LogP contribution in [0.1, 0.15) is 49.7 Å². The van der Waals surface area contributed by atoms with Gasteiger partial charge in [-0.15, -0.1) is 0 Å². The molecule has 4 fully saturated rings. The van der Waals surface area contributed by atoms with Crippen LogP contribution in [0.2, 0.25) is 0 Å². The molecule has 52 heavy (non-hydrogen) atoms. The van der Waals surface area contributed by atoms with E-state index in [4.69, 9.17) is 15.0 Å². The highest BCUT2D eigenvalue weighted by Crippen LogP contribution is 2.60. The average molecular weight is 671 g/mol. The number of benzene rings is 6. The zero-order valence-corrected chi connectivity index (χ0v) is 29.0. The van der Waals surface area contributed by atoms with Crippen molar-refractivity contribution in [2.45, 2.75) is 43.9 Å². The maximum Gasteiger partial charge on any atom is 0.164 e. The lowest BCUT2D eigenvalue weighted by molar-refractivity contribution is -0.00518. The van der Waals surface area contributed by atoms with Gasteiger partial charge in [-0.1, -0.05) is 121 Å². The molecule has 0 atom stereocenters. The van der Waals surface area contributed by atoms with Gasteiger partial charge in [0.25, 0.3) is 0 Å². The highest BCUT2D eigenvalue weighted by Gasteiger charge is 2.51. The van der Waals surface area contributed by atoms with E-state index in [1.54, 1.807) is 5.56 Å². The van der Waals surface area contributed by atoms with Gasteiger partial charge in [0.2, 0.25) is 0 Å². The van der Waals surface area contributed by atoms with Crippen molar-refractivity contribution in [2.75, 3.05) is 0 Å². The van der Waals surface area contributed by atoms with E-state index in [0.29, 0.717) is 28.5 Å². The van der Waals surface area contributed by atoms with Gasteiger partial charge < -0.3 is 0 Å². The molecule has 0 amide bonds. The number of rotatable bonds is 6. The van der Waals surface area contributed by atoms with Crippen LogP contribution in [-0.2, 0) is 5.41 Å². The molecule has 4 aliphatic rings. The smallest absolute Gasteiger partial charge is 0.164 e. The Balaban J connectivity index is 1.06. The van der Waals surface area contributed by atoms with E-state index >= 15 is 0 Å². The van der Waals surface area contributed by atoms with Crippen molar-refractivity contribution in [3.8, 4) is 62.5 Å². The normalized spacial score (nSPS) is 21.6. The lowest BCUT2D eigenvalue weighted by Crippen LogP contribution is -2.48. The van der Waals surface area contributed by atoms with E-state index in [-0.39, 0.29) is 0 Å². The lowest BCUT2D eigenvalue weighted by Gasteiger charge is -2.57. The van der Waals surface area contributed by atoms with Crippen LogP contribution in [-0.4, -0.2) is 15.0 Å². The number of nitrogens with zero attached hydrogens (tertiary/aromatic N) is 4. The molecule has 11 rings (SSSR count). The summed E-state index contributed by atoms with van der Waals surface area (Å²) in [6.45, 7) is 0. The Bertz CT molecular complexity index is 2480. The monoisotopic (exact) mass is 670 g/mol. The van der Waals surface area contributed by atoms with Crippen LogP contribution in [0, 0.1) is 29.1 Å². The number of fused-ring (bicyclic) bond motifs is 1. The molecule has 4 heteroatoms. The minimum atomic E-state index is 0.376. The van der Waals surface area contributed by atoms with Gasteiger partial charge in [-0.25, -0.2) is 15.0 Å². The maximum atomic E-state index is 9.47. The van der Waals surface area contributed by atoms with E-state index in [2.05, 4.69) is 103 Å². The molecule has 7 aromatic rings. The Morgan fingerprint density at radius 2 is 1.08 bits per heavy atom. The minimum Gasteiger partial charge on any atom is -0.208 e. The molecule has 0 spiro atoms. The summed E-state index contributed by atoms with van der Waals surface area (Å²) < 4.78 is 0. The Labute approximate surface area is 304 Å². The zero-order valence-electron chi connectivity index (χ0n) is 29.0. The minimum absolute atomic E-state index is 0.376. The fourth-order valence-corrected chi connectivity index (χ4v) is 10.2. The van der Waals surface area contributed by atoms with Gasteiger partial charge in [-0.3, -0.25) is 0 Å². The van der Waals surface area contributed by atoms with E-state index in [9.17, 15) is 5.26 Å². The van der Waals surface area contributed by atoms with Gasteiger partial charge in [0.05, 0.1) is 11.6 Å². The van der Waals surface area contributed by atoms with Crippen molar-refractivity contribution in [2.24, 2.45) is 17.8 Å². The van der Waals surface area contributed by atoms with Crippen LogP contribution in [0.25, 0.3) is 67.2 Å². The topological polar surface area (TPSA) is 62.5 Å². The highest BCUT2D eigenvalue weighted by atomic mass is 15.0. The van der Waals surface area contributed by atoms with Gasteiger partial charge in [-0.2, -0.15) is 5.26 Å². The van der Waals surface area contributed by atoms with E-state index < -0.39 is 0 Å². The van der Waals surface area contributed by atoms with Crippen LogP contribution in [0.3, 0.4) is 0 Å². The van der Waals surface area contributed by atoms with Gasteiger partial charge in [-0.05, 0) is 118 Å². The first-order chi connectivity index (χ1) is 25.6. The Morgan fingerprint density at radius 3 is 1.81 bits per heavy atom. The third-order valence-electron chi connectivity index (χ3n) is 12.1. The standard InChI is InChI=1S/C48H38N4/c49-30-31-16-21-43-37(25-31)11-7-15-42(43)38-10-6-12-39(26-38)46-50-45(36-8-2-1-3-9-36)51-47(52-46)44-14-5-4-13-41(44)35-17-19-40(20-18-35)48-27-32-22-33(28-48)24-34(23-32)29-48/h1-21,25-26,32-34H,22-24,27-29H2/t32-,33-,34-,48?. The van der Waals surface area contributed by atoms with Crippen molar-refractivity contribution >= 4 is 10.8 Å². The van der Waals surface area contributed by atoms with Gasteiger partial charge >= 0.3 is 0 Å². The van der Waals surface area contributed by atoms with Crippen molar-refractivity contribution in [3.63, 3.8) is 0 Å². The summed E-state index contributed by atoms with van der Waals surface area (Å²) in [6, 6.07) is 51.0. The average Bonchev–Trinajstić information content (AvgIpc) is 3.20. The molecule has 6 aromatic carbocycles. The summed E-state index contributed by atoms with van der Waals surface area (Å²) in [5, 5.41) is 11.6. The fraction of sp³-hybridized carbons (Fsp3) is 0.208. The predicted molar refractivity (Wildman–Crippen MR) is 209 cm³/mol. The lowest BCUT2D eigenvalue weighted by atomic mass is 9.48. The molecular formula is C48H38N4. The van der Waals surface area contributed by atoms with E-state index in [0.717, 1.165) is 61.9 Å². The number of hydrogen-bond acceptors (Lipinski definition) is 4. The number of aromatic nitrogens is 3. The highest BCUT2D eigenvalue weighted by molar-refractivity contribution is 5.97.